The average molecular weight is 407 g/mol. The second kappa shape index (κ2) is 7.87. The number of nitrogens with zero attached hydrogens (tertiary/aromatic N) is 3. The van der Waals surface area contributed by atoms with Gasteiger partial charge in [0.2, 0.25) is 0 Å². The Labute approximate surface area is 177 Å². The molecular weight excluding hydrogens is 380 g/mol. The molecule has 0 radical (unpaired) electrons. The van der Waals surface area contributed by atoms with Crippen molar-refractivity contribution in [2.75, 3.05) is 6.54 Å². The van der Waals surface area contributed by atoms with Crippen LogP contribution in [0.25, 0.3) is 5.69 Å². The van der Waals surface area contributed by atoms with E-state index in [1.165, 1.54) is 11.3 Å². The van der Waals surface area contributed by atoms with E-state index >= 15 is 0 Å². The molecule has 0 saturated carbocycles. The summed E-state index contributed by atoms with van der Waals surface area (Å²) >= 11 is 5.70. The number of aromatic nitrogens is 2. The summed E-state index contributed by atoms with van der Waals surface area (Å²) in [6, 6.07) is 15.7. The molecule has 3 aromatic rings. The van der Waals surface area contributed by atoms with Gasteiger partial charge in [0.1, 0.15) is 5.75 Å². The number of hydrogen-bond donors (Lipinski definition) is 2. The number of hydrogen-bond acceptors (Lipinski definition) is 3. The second-order valence-electron chi connectivity index (χ2n) is 7.50. The third-order valence-corrected chi connectivity index (χ3v) is 5.91. The Morgan fingerprint density at radius 3 is 2.55 bits per heavy atom. The molecule has 5 nitrogen and oxygen atoms in total. The topological polar surface area (TPSA) is 53.3 Å². The standard InChI is InChI=1S/C23H26N4OS/c1-4-13-26-22(21(25-23(26)29)20-7-5-6-12-24-20)19-14-15(2)27(16(19)3)17-8-10-18(28)11-9-17/h5-12,14,21-22,28H,4,13H2,1-3H3,(H,25,29)/t21-,22+/m0/s1. The van der Waals surface area contributed by atoms with Crippen LogP contribution in [0.4, 0.5) is 0 Å². The zero-order chi connectivity index (χ0) is 20.5. The molecule has 29 heavy (non-hydrogen) atoms. The fraction of sp³-hybridized carbons (Fsp3) is 0.304. The molecule has 0 aliphatic carbocycles. The molecule has 6 heteroatoms. The molecule has 3 heterocycles. The summed E-state index contributed by atoms with van der Waals surface area (Å²) in [6.07, 6.45) is 2.85. The zero-order valence-electron chi connectivity index (χ0n) is 17.0. The van der Waals surface area contributed by atoms with E-state index < -0.39 is 0 Å². The molecule has 1 aromatic carbocycles. The van der Waals surface area contributed by atoms with E-state index in [0.29, 0.717) is 0 Å². The van der Waals surface area contributed by atoms with Crippen LogP contribution in [0.3, 0.4) is 0 Å². The molecule has 1 aliphatic rings. The Bertz CT molecular complexity index is 1010. The molecule has 0 bridgehead atoms. The summed E-state index contributed by atoms with van der Waals surface area (Å²) in [6.45, 7) is 7.33. The molecule has 2 atom stereocenters. The van der Waals surface area contributed by atoms with Crippen molar-refractivity contribution in [3.63, 3.8) is 0 Å². The lowest BCUT2D eigenvalue weighted by Crippen LogP contribution is -2.30. The number of phenolic OH excluding ortho intramolecular Hbond substituents is 1. The minimum Gasteiger partial charge on any atom is -0.508 e. The maximum Gasteiger partial charge on any atom is 0.170 e. The lowest BCUT2D eigenvalue weighted by molar-refractivity contribution is 0.316. The van der Waals surface area contributed by atoms with Crippen molar-refractivity contribution >= 4 is 17.3 Å². The van der Waals surface area contributed by atoms with Crippen LogP contribution >= 0.6 is 12.2 Å². The Hall–Kier alpha value is -2.86. The number of aromatic hydroxyl groups is 1. The lowest BCUT2D eigenvalue weighted by Gasteiger charge is -2.27. The third-order valence-electron chi connectivity index (χ3n) is 5.56. The normalized spacial score (nSPS) is 18.9. The number of nitrogens with one attached hydrogen (secondary N) is 1. The first-order valence-corrected chi connectivity index (χ1v) is 10.4. The fourth-order valence-electron chi connectivity index (χ4n) is 4.31. The van der Waals surface area contributed by atoms with Crippen LogP contribution in [0.2, 0.25) is 0 Å². The first-order valence-electron chi connectivity index (χ1n) is 9.97. The number of phenols is 1. The highest BCUT2D eigenvalue weighted by atomic mass is 32.1. The number of benzene rings is 1. The summed E-state index contributed by atoms with van der Waals surface area (Å²) in [5.41, 5.74) is 5.60. The summed E-state index contributed by atoms with van der Waals surface area (Å²) < 4.78 is 2.23. The first kappa shape index (κ1) is 19.5. The highest BCUT2D eigenvalue weighted by Gasteiger charge is 2.40. The van der Waals surface area contributed by atoms with E-state index in [-0.39, 0.29) is 17.8 Å². The van der Waals surface area contributed by atoms with Gasteiger partial charge >= 0.3 is 0 Å². The van der Waals surface area contributed by atoms with E-state index in [2.05, 4.69) is 52.7 Å². The van der Waals surface area contributed by atoms with Crippen molar-refractivity contribution in [3.8, 4) is 11.4 Å². The van der Waals surface area contributed by atoms with Gasteiger partial charge in [-0.05, 0) is 80.5 Å². The summed E-state index contributed by atoms with van der Waals surface area (Å²) in [7, 11) is 0. The minimum atomic E-state index is 0.00372. The van der Waals surface area contributed by atoms with Gasteiger partial charge in [0.05, 0.1) is 17.8 Å². The monoisotopic (exact) mass is 406 g/mol. The van der Waals surface area contributed by atoms with E-state index in [0.717, 1.165) is 35.2 Å². The largest absolute Gasteiger partial charge is 0.508 e. The molecule has 0 unspecified atom stereocenters. The quantitative estimate of drug-likeness (QED) is 0.608. The maximum atomic E-state index is 9.66. The van der Waals surface area contributed by atoms with Crippen molar-refractivity contribution in [2.45, 2.75) is 39.3 Å². The van der Waals surface area contributed by atoms with E-state index in [1.54, 1.807) is 12.1 Å². The third kappa shape index (κ3) is 3.49. The first-order chi connectivity index (χ1) is 14.0. The van der Waals surface area contributed by atoms with Crippen LogP contribution in [0, 0.1) is 13.8 Å². The van der Waals surface area contributed by atoms with Crippen molar-refractivity contribution in [1.82, 2.24) is 19.8 Å². The van der Waals surface area contributed by atoms with Gasteiger partial charge in [-0.2, -0.15) is 0 Å². The molecule has 1 aliphatic heterocycles. The zero-order valence-corrected chi connectivity index (χ0v) is 17.8. The Morgan fingerprint density at radius 2 is 1.90 bits per heavy atom. The van der Waals surface area contributed by atoms with Gasteiger partial charge < -0.3 is 19.9 Å². The molecule has 0 spiro atoms. The SMILES string of the molecule is CCCN1C(=S)N[C@@H](c2ccccn2)[C@H]1c1cc(C)n(-c2ccc(O)cc2)c1C. The number of aryl methyl sites for hydroxylation is 1. The maximum absolute atomic E-state index is 9.66. The predicted molar refractivity (Wildman–Crippen MR) is 119 cm³/mol. The highest BCUT2D eigenvalue weighted by molar-refractivity contribution is 7.80. The molecule has 0 amide bonds. The number of pyridine rings is 1. The van der Waals surface area contributed by atoms with Crippen LogP contribution in [-0.2, 0) is 0 Å². The molecule has 2 aromatic heterocycles. The Balaban J connectivity index is 1.82. The highest BCUT2D eigenvalue weighted by Crippen LogP contribution is 2.41. The van der Waals surface area contributed by atoms with E-state index in [9.17, 15) is 5.11 Å². The summed E-state index contributed by atoms with van der Waals surface area (Å²) in [5.74, 6) is 0.270. The lowest BCUT2D eigenvalue weighted by atomic mass is 9.96. The molecular formula is C23H26N4OS. The van der Waals surface area contributed by atoms with E-state index in [1.807, 2.05) is 30.5 Å². The number of thiocarbonyl (C=S) groups is 1. The van der Waals surface area contributed by atoms with Crippen molar-refractivity contribution in [3.05, 3.63) is 77.4 Å². The van der Waals surface area contributed by atoms with Crippen LogP contribution < -0.4 is 5.32 Å². The molecule has 1 saturated heterocycles. The van der Waals surface area contributed by atoms with Gasteiger partial charge in [-0.3, -0.25) is 4.98 Å². The molecule has 1 fully saturated rings. The van der Waals surface area contributed by atoms with Crippen molar-refractivity contribution in [1.29, 1.82) is 0 Å². The molecule has 4 rings (SSSR count). The number of rotatable bonds is 5. The second-order valence-corrected chi connectivity index (χ2v) is 7.88. The van der Waals surface area contributed by atoms with Gasteiger partial charge in [0.15, 0.2) is 5.11 Å². The van der Waals surface area contributed by atoms with Crippen LogP contribution in [0.15, 0.2) is 54.7 Å². The Morgan fingerprint density at radius 1 is 1.14 bits per heavy atom. The van der Waals surface area contributed by atoms with Gasteiger partial charge in [-0.1, -0.05) is 13.0 Å². The van der Waals surface area contributed by atoms with Gasteiger partial charge in [0, 0.05) is 29.8 Å². The van der Waals surface area contributed by atoms with Crippen LogP contribution in [-0.4, -0.2) is 31.2 Å². The minimum absolute atomic E-state index is 0.00372. The van der Waals surface area contributed by atoms with Gasteiger partial charge in [0.25, 0.3) is 0 Å². The van der Waals surface area contributed by atoms with Gasteiger partial charge in [-0.25, -0.2) is 0 Å². The predicted octanol–water partition coefficient (Wildman–Crippen LogP) is 4.58. The van der Waals surface area contributed by atoms with Crippen molar-refractivity contribution < 1.29 is 5.11 Å². The van der Waals surface area contributed by atoms with Crippen LogP contribution in [0.1, 0.15) is 48.1 Å². The van der Waals surface area contributed by atoms with Crippen molar-refractivity contribution in [2.24, 2.45) is 0 Å². The fourth-order valence-corrected chi connectivity index (χ4v) is 4.64. The van der Waals surface area contributed by atoms with Gasteiger partial charge in [-0.15, -0.1) is 0 Å². The smallest absolute Gasteiger partial charge is 0.170 e. The van der Waals surface area contributed by atoms with Crippen LogP contribution in [0.5, 0.6) is 5.75 Å². The summed E-state index contributed by atoms with van der Waals surface area (Å²) in [4.78, 5) is 6.90. The average Bonchev–Trinajstić information content (AvgIpc) is 3.20. The molecule has 150 valence electrons. The van der Waals surface area contributed by atoms with E-state index in [4.69, 9.17) is 12.2 Å². The molecule has 2 N–H and O–H groups in total. The Kier molecular flexibility index (Phi) is 5.28. The summed E-state index contributed by atoms with van der Waals surface area (Å²) in [5, 5.41) is 13.9.